The van der Waals surface area contributed by atoms with Crippen LogP contribution in [0.3, 0.4) is 0 Å². The van der Waals surface area contributed by atoms with Crippen molar-refractivity contribution < 1.29 is 13.2 Å². The van der Waals surface area contributed by atoms with E-state index < -0.39 is 10.0 Å². The van der Waals surface area contributed by atoms with Gasteiger partial charge < -0.3 is 9.64 Å². The molecule has 1 aliphatic rings. The van der Waals surface area contributed by atoms with E-state index in [0.717, 1.165) is 16.9 Å². The van der Waals surface area contributed by atoms with Crippen LogP contribution in [0.5, 0.6) is 5.75 Å². The van der Waals surface area contributed by atoms with E-state index in [-0.39, 0.29) is 0 Å². The summed E-state index contributed by atoms with van der Waals surface area (Å²) in [5, 5.41) is 0. The first-order chi connectivity index (χ1) is 13.3. The molecule has 0 bridgehead atoms. The fraction of sp³-hybridized carbons (Fsp3) is 0.455. The van der Waals surface area contributed by atoms with Gasteiger partial charge in [0, 0.05) is 31.9 Å². The molecule has 0 radical (unpaired) electrons. The molecule has 0 saturated carbocycles. The first kappa shape index (κ1) is 20.7. The molecule has 0 unspecified atom stereocenters. The number of piperazine rings is 1. The molecule has 0 atom stereocenters. The van der Waals surface area contributed by atoms with Crippen molar-refractivity contribution in [2.75, 3.05) is 37.7 Å². The summed E-state index contributed by atoms with van der Waals surface area (Å²) in [5.74, 6) is 0.749. The Balaban J connectivity index is 1.81. The topological polar surface area (TPSA) is 49.9 Å². The maximum atomic E-state index is 13.3. The lowest BCUT2D eigenvalue weighted by Crippen LogP contribution is -2.49. The Morgan fingerprint density at radius 3 is 2.07 bits per heavy atom. The third-order valence-electron chi connectivity index (χ3n) is 5.38. The Labute approximate surface area is 169 Å². The molecule has 28 heavy (non-hydrogen) atoms. The average molecular weight is 403 g/mol. The summed E-state index contributed by atoms with van der Waals surface area (Å²) in [7, 11) is -3.52. The van der Waals surface area contributed by atoms with Crippen LogP contribution in [-0.4, -0.2) is 45.5 Å². The Bertz CT molecular complexity index is 942. The highest BCUT2D eigenvalue weighted by atomic mass is 32.2. The molecule has 2 aromatic rings. The molecule has 1 saturated heterocycles. The van der Waals surface area contributed by atoms with E-state index in [0.29, 0.717) is 37.7 Å². The molecule has 1 heterocycles. The molecular weight excluding hydrogens is 372 g/mol. The molecule has 0 aliphatic carbocycles. The van der Waals surface area contributed by atoms with E-state index in [4.69, 9.17) is 4.74 Å². The third-order valence-corrected chi connectivity index (χ3v) is 7.43. The van der Waals surface area contributed by atoms with E-state index in [1.807, 2.05) is 26.8 Å². The summed E-state index contributed by atoms with van der Waals surface area (Å²) in [6.07, 6.45) is 0. The molecule has 1 aliphatic heterocycles. The second kappa shape index (κ2) is 8.13. The monoisotopic (exact) mass is 402 g/mol. The Kier molecular flexibility index (Phi) is 6.01. The predicted octanol–water partition coefficient (Wildman–Crippen LogP) is 3.83. The summed E-state index contributed by atoms with van der Waals surface area (Å²) in [6, 6.07) is 9.85. The molecule has 0 N–H and O–H groups in total. The molecule has 0 aromatic heterocycles. The minimum atomic E-state index is -3.52. The zero-order chi connectivity index (χ0) is 20.5. The maximum absolute atomic E-state index is 13.3. The largest absolute Gasteiger partial charge is 0.494 e. The number of para-hydroxylation sites is 1. The van der Waals surface area contributed by atoms with Crippen molar-refractivity contribution >= 4 is 15.7 Å². The first-order valence-electron chi connectivity index (χ1n) is 9.81. The van der Waals surface area contributed by atoms with Crippen molar-refractivity contribution in [2.24, 2.45) is 0 Å². The highest BCUT2D eigenvalue weighted by molar-refractivity contribution is 7.89. The summed E-state index contributed by atoms with van der Waals surface area (Å²) in [5.41, 5.74) is 5.27. The number of benzene rings is 2. The van der Waals surface area contributed by atoms with Gasteiger partial charge in [0.2, 0.25) is 10.0 Å². The quantitative estimate of drug-likeness (QED) is 0.763. The van der Waals surface area contributed by atoms with E-state index in [1.54, 1.807) is 10.4 Å². The fourth-order valence-electron chi connectivity index (χ4n) is 3.95. The summed E-state index contributed by atoms with van der Waals surface area (Å²) in [6.45, 7) is 12.8. The minimum Gasteiger partial charge on any atom is -0.494 e. The highest BCUT2D eigenvalue weighted by Crippen LogP contribution is 2.30. The van der Waals surface area contributed by atoms with Gasteiger partial charge >= 0.3 is 0 Å². The van der Waals surface area contributed by atoms with Crippen LogP contribution < -0.4 is 9.64 Å². The van der Waals surface area contributed by atoms with E-state index in [9.17, 15) is 8.42 Å². The van der Waals surface area contributed by atoms with Gasteiger partial charge in [0.25, 0.3) is 0 Å². The van der Waals surface area contributed by atoms with Gasteiger partial charge in [0.05, 0.1) is 11.5 Å². The van der Waals surface area contributed by atoms with Crippen LogP contribution in [0.4, 0.5) is 5.69 Å². The lowest BCUT2D eigenvalue weighted by atomic mass is 10.1. The predicted molar refractivity (Wildman–Crippen MR) is 114 cm³/mol. The molecule has 5 nitrogen and oxygen atoms in total. The lowest BCUT2D eigenvalue weighted by molar-refractivity contribution is 0.337. The molecular formula is C22H30N2O3S. The lowest BCUT2D eigenvalue weighted by Gasteiger charge is -2.37. The second-order valence-electron chi connectivity index (χ2n) is 7.45. The van der Waals surface area contributed by atoms with Gasteiger partial charge in [-0.25, -0.2) is 8.42 Å². The van der Waals surface area contributed by atoms with Crippen molar-refractivity contribution in [2.45, 2.75) is 39.5 Å². The summed E-state index contributed by atoms with van der Waals surface area (Å²) in [4.78, 5) is 2.68. The van der Waals surface area contributed by atoms with Gasteiger partial charge in [-0.2, -0.15) is 4.31 Å². The van der Waals surface area contributed by atoms with E-state index in [2.05, 4.69) is 36.9 Å². The molecule has 1 fully saturated rings. The Hall–Kier alpha value is -2.05. The van der Waals surface area contributed by atoms with Crippen molar-refractivity contribution in [1.29, 1.82) is 0 Å². The first-order valence-corrected chi connectivity index (χ1v) is 11.2. The Morgan fingerprint density at radius 1 is 0.893 bits per heavy atom. The Morgan fingerprint density at radius 2 is 1.50 bits per heavy atom. The van der Waals surface area contributed by atoms with Crippen molar-refractivity contribution in [3.63, 3.8) is 0 Å². The average Bonchev–Trinajstić information content (AvgIpc) is 2.65. The molecule has 6 heteroatoms. The fourth-order valence-corrected chi connectivity index (χ4v) is 5.66. The number of ether oxygens (including phenoxy) is 1. The van der Waals surface area contributed by atoms with Crippen LogP contribution in [0, 0.1) is 27.7 Å². The van der Waals surface area contributed by atoms with Crippen LogP contribution in [0.1, 0.15) is 29.2 Å². The van der Waals surface area contributed by atoms with Gasteiger partial charge in [-0.15, -0.1) is 0 Å². The number of sulfonamides is 1. The maximum Gasteiger partial charge on any atom is 0.243 e. The smallest absolute Gasteiger partial charge is 0.243 e. The SMILES string of the molecule is CCOc1cc(C)c(S(=O)(=O)N2CCN(c3c(C)cccc3C)CC2)cc1C. The van der Waals surface area contributed by atoms with Gasteiger partial charge in [-0.05, 0) is 69.0 Å². The minimum absolute atomic E-state index is 0.383. The van der Waals surface area contributed by atoms with Crippen molar-refractivity contribution in [1.82, 2.24) is 4.31 Å². The molecule has 3 rings (SSSR count). The normalized spacial score (nSPS) is 15.7. The molecule has 2 aromatic carbocycles. The van der Waals surface area contributed by atoms with E-state index in [1.165, 1.54) is 16.8 Å². The number of aryl methyl sites for hydroxylation is 4. The third kappa shape index (κ3) is 3.89. The zero-order valence-corrected chi connectivity index (χ0v) is 18.3. The number of nitrogens with zero attached hydrogens (tertiary/aromatic N) is 2. The summed E-state index contributed by atoms with van der Waals surface area (Å²) >= 11 is 0. The number of hydrogen-bond donors (Lipinski definition) is 0. The number of rotatable bonds is 5. The van der Waals surface area contributed by atoms with Crippen molar-refractivity contribution in [3.05, 3.63) is 52.6 Å². The summed E-state index contributed by atoms with van der Waals surface area (Å²) < 4.78 is 33.8. The standard InChI is InChI=1S/C22H30N2O3S/c1-6-27-20-14-19(5)21(15-18(20)4)28(25,26)24-12-10-23(11-13-24)22-16(2)8-7-9-17(22)3/h7-9,14-15H,6,10-13H2,1-5H3. The molecule has 152 valence electrons. The van der Waals surface area contributed by atoms with Gasteiger partial charge in [0.1, 0.15) is 5.75 Å². The van der Waals surface area contributed by atoms with Crippen LogP contribution >= 0.6 is 0 Å². The highest BCUT2D eigenvalue weighted by Gasteiger charge is 2.30. The van der Waals surface area contributed by atoms with Gasteiger partial charge in [-0.3, -0.25) is 0 Å². The van der Waals surface area contributed by atoms with Crippen LogP contribution in [0.25, 0.3) is 0 Å². The zero-order valence-electron chi connectivity index (χ0n) is 17.4. The van der Waals surface area contributed by atoms with Crippen LogP contribution in [-0.2, 0) is 10.0 Å². The van der Waals surface area contributed by atoms with Crippen LogP contribution in [0.2, 0.25) is 0 Å². The number of hydrogen-bond acceptors (Lipinski definition) is 4. The van der Waals surface area contributed by atoms with Gasteiger partial charge in [0.15, 0.2) is 0 Å². The van der Waals surface area contributed by atoms with Gasteiger partial charge in [-0.1, -0.05) is 18.2 Å². The molecule has 0 amide bonds. The second-order valence-corrected chi connectivity index (χ2v) is 9.35. The number of anilines is 1. The van der Waals surface area contributed by atoms with E-state index >= 15 is 0 Å². The van der Waals surface area contributed by atoms with Crippen molar-refractivity contribution in [3.8, 4) is 5.75 Å². The molecule has 0 spiro atoms. The van der Waals surface area contributed by atoms with Crippen LogP contribution in [0.15, 0.2) is 35.2 Å².